The molecule has 0 fully saturated rings. The first-order valence-electron chi connectivity index (χ1n) is 0.707. The molecule has 0 aromatic rings. The topological polar surface area (TPSA) is 69.2 Å². The first kappa shape index (κ1) is 15.9. The molecule has 0 spiro atoms. The SMILES string of the molecule is [Ba+2].[La+3].[O-]B([O-])[O-]. The third-order valence-electron chi connectivity index (χ3n) is 0. The summed E-state index contributed by atoms with van der Waals surface area (Å²) in [6.07, 6.45) is 0. The minimum Gasteiger partial charge on any atom is -0.907 e. The van der Waals surface area contributed by atoms with Gasteiger partial charge in [-0.25, -0.2) is 0 Å². The Morgan fingerprint density at radius 2 is 1.00 bits per heavy atom. The maximum absolute atomic E-state index is 8.42. The quantitative estimate of drug-likeness (QED) is 0.421. The van der Waals surface area contributed by atoms with E-state index in [-0.39, 0.29) is 84.5 Å². The molecule has 0 aromatic carbocycles. The fourth-order valence-electron chi connectivity index (χ4n) is 0. The van der Waals surface area contributed by atoms with Crippen LogP contribution in [0.1, 0.15) is 0 Å². The van der Waals surface area contributed by atoms with Crippen LogP contribution in [0.5, 0.6) is 0 Å². The van der Waals surface area contributed by atoms with E-state index in [0.717, 1.165) is 0 Å². The zero-order chi connectivity index (χ0) is 3.58. The van der Waals surface area contributed by atoms with E-state index in [9.17, 15) is 0 Å². The normalized spacial score (nSPS) is 4.50. The number of rotatable bonds is 0. The van der Waals surface area contributed by atoms with Gasteiger partial charge in [0.15, 0.2) is 0 Å². The van der Waals surface area contributed by atoms with Crippen molar-refractivity contribution < 1.29 is 50.7 Å². The van der Waals surface area contributed by atoms with Crippen molar-refractivity contribution in [2.24, 2.45) is 0 Å². The summed E-state index contributed by atoms with van der Waals surface area (Å²) < 4.78 is 0. The Balaban J connectivity index is -0.0000000450. The molecule has 0 saturated heterocycles. The molecule has 6 heteroatoms. The summed E-state index contributed by atoms with van der Waals surface area (Å²) in [6.45, 7) is 0. The van der Waals surface area contributed by atoms with Crippen LogP contribution in [-0.4, -0.2) is 56.2 Å². The first-order chi connectivity index (χ1) is 1.73. The Labute approximate surface area is 104 Å². The molecule has 0 unspecified atom stereocenters. The number of hydrogen-bond acceptors (Lipinski definition) is 3. The van der Waals surface area contributed by atoms with Gasteiger partial charge in [-0.1, -0.05) is 0 Å². The molecule has 3 nitrogen and oxygen atoms in total. The third-order valence-corrected chi connectivity index (χ3v) is 0. The molecule has 0 N–H and O–H groups in total. The molecular weight excluding hydrogens is 335 g/mol. The molecule has 24 valence electrons. The van der Waals surface area contributed by atoms with E-state index >= 15 is 0 Å². The van der Waals surface area contributed by atoms with E-state index in [1.807, 2.05) is 0 Å². The summed E-state index contributed by atoms with van der Waals surface area (Å²) in [7, 11) is -2.92. The Morgan fingerprint density at radius 1 is 1.00 bits per heavy atom. The molecular formula is BBaLaO3+2. The van der Waals surface area contributed by atoms with Gasteiger partial charge in [-0.3, -0.25) is 7.32 Å². The first-order valence-corrected chi connectivity index (χ1v) is 0.707. The van der Waals surface area contributed by atoms with Gasteiger partial charge in [0.05, 0.1) is 0 Å². The summed E-state index contributed by atoms with van der Waals surface area (Å²) in [6, 6.07) is 0. The minimum absolute atomic E-state index is 0. The summed E-state index contributed by atoms with van der Waals surface area (Å²) in [5, 5.41) is 25.2. The van der Waals surface area contributed by atoms with Crippen molar-refractivity contribution >= 4 is 56.2 Å². The van der Waals surface area contributed by atoms with Gasteiger partial charge < -0.3 is 15.1 Å². The maximum Gasteiger partial charge on any atom is 3.00 e. The second-order valence-corrected chi connectivity index (χ2v) is 0.289. The van der Waals surface area contributed by atoms with E-state index in [4.69, 9.17) is 15.1 Å². The molecule has 0 bridgehead atoms. The van der Waals surface area contributed by atoms with Crippen molar-refractivity contribution in [3.05, 3.63) is 0 Å². The summed E-state index contributed by atoms with van der Waals surface area (Å²) in [5.74, 6) is 0. The molecule has 0 aromatic heterocycles. The second-order valence-electron chi connectivity index (χ2n) is 0.289. The predicted molar refractivity (Wildman–Crippen MR) is 11.5 cm³/mol. The average Bonchev–Trinajstić information content (AvgIpc) is 0.811. The molecule has 0 amide bonds. The van der Waals surface area contributed by atoms with Gasteiger partial charge in [0.25, 0.3) is 0 Å². The predicted octanol–water partition coefficient (Wildman–Crippen LogP) is -4.33. The maximum atomic E-state index is 8.42. The van der Waals surface area contributed by atoms with Gasteiger partial charge in [-0.2, -0.15) is 0 Å². The van der Waals surface area contributed by atoms with Crippen molar-refractivity contribution in [1.29, 1.82) is 0 Å². The van der Waals surface area contributed by atoms with Crippen LogP contribution < -0.4 is 15.1 Å². The van der Waals surface area contributed by atoms with Gasteiger partial charge >= 0.3 is 84.5 Å². The average molecular weight is 335 g/mol. The monoisotopic (exact) mass is 336 g/mol. The molecule has 0 rings (SSSR count). The fourth-order valence-corrected chi connectivity index (χ4v) is 0. The zero-order valence-electron chi connectivity index (χ0n) is 3.09. The Hall–Kier alpha value is 2.71. The van der Waals surface area contributed by atoms with Crippen LogP contribution >= 0.6 is 0 Å². The van der Waals surface area contributed by atoms with Crippen molar-refractivity contribution in [1.82, 2.24) is 0 Å². The van der Waals surface area contributed by atoms with E-state index in [0.29, 0.717) is 0 Å². The van der Waals surface area contributed by atoms with Crippen LogP contribution in [-0.2, 0) is 0 Å². The summed E-state index contributed by atoms with van der Waals surface area (Å²) >= 11 is 0. The number of hydrogen-bond donors (Lipinski definition) is 0. The summed E-state index contributed by atoms with van der Waals surface area (Å²) in [5.41, 5.74) is 0. The fraction of sp³-hybridized carbons (Fsp3) is 0. The van der Waals surface area contributed by atoms with Gasteiger partial charge in [0.2, 0.25) is 0 Å². The van der Waals surface area contributed by atoms with Gasteiger partial charge in [-0.05, 0) is 0 Å². The largest absolute Gasteiger partial charge is 3.00 e. The van der Waals surface area contributed by atoms with Crippen LogP contribution in [0.15, 0.2) is 0 Å². The van der Waals surface area contributed by atoms with E-state index in [1.165, 1.54) is 0 Å². The van der Waals surface area contributed by atoms with Crippen molar-refractivity contribution in [2.75, 3.05) is 0 Å². The van der Waals surface area contributed by atoms with Crippen molar-refractivity contribution in [3.63, 3.8) is 0 Å². The van der Waals surface area contributed by atoms with E-state index in [2.05, 4.69) is 0 Å². The second kappa shape index (κ2) is 10.6. The van der Waals surface area contributed by atoms with Gasteiger partial charge in [-0.15, -0.1) is 0 Å². The van der Waals surface area contributed by atoms with E-state index in [1.54, 1.807) is 0 Å². The standard InChI is InChI=1S/BO3.Ba.La/c2-1(3)4;;/q-3;+2;+3. The third kappa shape index (κ3) is 29.8. The zero-order valence-corrected chi connectivity index (χ0v) is 11.2. The van der Waals surface area contributed by atoms with Crippen LogP contribution in [0.3, 0.4) is 0 Å². The van der Waals surface area contributed by atoms with E-state index < -0.39 is 7.32 Å². The molecule has 0 radical (unpaired) electrons. The van der Waals surface area contributed by atoms with Crippen LogP contribution in [0.25, 0.3) is 0 Å². The van der Waals surface area contributed by atoms with Gasteiger partial charge in [0.1, 0.15) is 0 Å². The Morgan fingerprint density at radius 3 is 1.00 bits per heavy atom. The van der Waals surface area contributed by atoms with Crippen molar-refractivity contribution in [2.45, 2.75) is 0 Å². The molecule has 0 saturated carbocycles. The summed E-state index contributed by atoms with van der Waals surface area (Å²) in [4.78, 5) is 0. The molecule has 6 heavy (non-hydrogen) atoms. The molecule has 0 heterocycles. The smallest absolute Gasteiger partial charge is 0.907 e. The molecule has 0 aliphatic rings. The molecule has 0 atom stereocenters. The Kier molecular flexibility index (Phi) is 28.2. The van der Waals surface area contributed by atoms with Crippen molar-refractivity contribution in [3.8, 4) is 0 Å². The van der Waals surface area contributed by atoms with Crippen LogP contribution in [0.2, 0.25) is 0 Å². The molecule has 0 aliphatic heterocycles. The Bertz CT molecular complexity index is 15.5. The van der Waals surface area contributed by atoms with Crippen LogP contribution in [0.4, 0.5) is 0 Å². The van der Waals surface area contributed by atoms with Gasteiger partial charge in [0, 0.05) is 0 Å². The van der Waals surface area contributed by atoms with Crippen LogP contribution in [0, 0.1) is 35.6 Å². The minimum atomic E-state index is -2.92. The molecule has 0 aliphatic carbocycles.